The van der Waals surface area contributed by atoms with Gasteiger partial charge in [0.1, 0.15) is 11.3 Å². The van der Waals surface area contributed by atoms with Crippen molar-refractivity contribution in [2.24, 2.45) is 7.05 Å². The molecule has 2 N–H and O–H groups in total. The molecular weight excluding hydrogens is 526 g/mol. The number of hydrogen-bond acceptors (Lipinski definition) is 6. The van der Waals surface area contributed by atoms with Crippen LogP contribution >= 0.6 is 11.6 Å². The molecule has 0 saturated carbocycles. The van der Waals surface area contributed by atoms with Gasteiger partial charge in [-0.05, 0) is 56.6 Å². The number of imidazole rings is 1. The Hall–Kier alpha value is -4.08. The van der Waals surface area contributed by atoms with Crippen LogP contribution in [0.15, 0.2) is 61.1 Å². The highest BCUT2D eigenvalue weighted by molar-refractivity contribution is 6.30. The number of pyridine rings is 1. The maximum atomic E-state index is 13.6. The van der Waals surface area contributed by atoms with Gasteiger partial charge in [0, 0.05) is 66.9 Å². The number of aromatic nitrogens is 4. The van der Waals surface area contributed by atoms with E-state index in [1.807, 2.05) is 61.2 Å². The molecule has 9 nitrogen and oxygen atoms in total. The van der Waals surface area contributed by atoms with Gasteiger partial charge in [-0.15, -0.1) is 0 Å². The summed E-state index contributed by atoms with van der Waals surface area (Å²) >= 11 is 6.16. The lowest BCUT2D eigenvalue weighted by Crippen LogP contribution is -2.42. The average Bonchev–Trinajstić information content (AvgIpc) is 3.50. The minimum atomic E-state index is -0.244. The number of amides is 1. The molecule has 0 atom stereocenters. The third kappa shape index (κ3) is 5.22. The molecule has 0 bridgehead atoms. The van der Waals surface area contributed by atoms with Crippen LogP contribution in [0.3, 0.4) is 0 Å². The van der Waals surface area contributed by atoms with Crippen LogP contribution in [-0.2, 0) is 7.05 Å². The first-order chi connectivity index (χ1) is 19.4. The second-order valence-corrected chi connectivity index (χ2v) is 10.7. The molecule has 0 radical (unpaired) electrons. The van der Waals surface area contributed by atoms with Gasteiger partial charge < -0.3 is 24.7 Å². The first-order valence-corrected chi connectivity index (χ1v) is 13.9. The minimum Gasteiger partial charge on any atom is -0.453 e. The topological polar surface area (TPSA) is 88.7 Å². The molecule has 1 saturated heterocycles. The molecule has 0 spiro atoms. The fourth-order valence-electron chi connectivity index (χ4n) is 5.47. The fourth-order valence-corrected chi connectivity index (χ4v) is 5.65. The van der Waals surface area contributed by atoms with Crippen LogP contribution in [0.25, 0.3) is 16.6 Å². The maximum Gasteiger partial charge on any atom is 0.257 e. The van der Waals surface area contributed by atoms with E-state index in [9.17, 15) is 4.79 Å². The third-order valence-electron chi connectivity index (χ3n) is 7.26. The van der Waals surface area contributed by atoms with E-state index in [4.69, 9.17) is 16.3 Å². The van der Waals surface area contributed by atoms with Crippen molar-refractivity contribution in [3.05, 3.63) is 77.3 Å². The van der Waals surface area contributed by atoms with Crippen molar-refractivity contribution < 1.29 is 9.53 Å². The highest BCUT2D eigenvalue weighted by Crippen LogP contribution is 2.33. The number of nitrogens with one attached hydrogen (secondary N) is 2. The van der Waals surface area contributed by atoms with E-state index in [2.05, 4.69) is 32.5 Å². The Morgan fingerprint density at radius 3 is 2.73 bits per heavy atom. The van der Waals surface area contributed by atoms with Crippen LogP contribution in [-0.4, -0.2) is 50.7 Å². The summed E-state index contributed by atoms with van der Waals surface area (Å²) in [6.45, 7) is 6.98. The quantitative estimate of drug-likeness (QED) is 0.263. The monoisotopic (exact) mass is 557 g/mol. The normalized spacial score (nSPS) is 14.2. The number of rotatable bonds is 7. The first-order valence-electron chi connectivity index (χ1n) is 13.6. The van der Waals surface area contributed by atoms with Gasteiger partial charge in [-0.2, -0.15) is 5.10 Å². The second kappa shape index (κ2) is 10.8. The predicted molar refractivity (Wildman–Crippen MR) is 159 cm³/mol. The zero-order valence-corrected chi connectivity index (χ0v) is 23.6. The van der Waals surface area contributed by atoms with Gasteiger partial charge in [-0.1, -0.05) is 24.6 Å². The molecule has 4 heterocycles. The summed E-state index contributed by atoms with van der Waals surface area (Å²) < 4.78 is 9.77. The molecule has 1 amide bonds. The highest BCUT2D eigenvalue weighted by Gasteiger charge is 2.23. The molecule has 0 aliphatic carbocycles. The standard InChI is InChI=1S/C30H32ClN7O2/c1-4-32-21-10-12-37(13-11-21)26-9-8-24(28-25(26)18-36(3)35-28)30(39)34-22-15-27(29-33-19(2)16-38(29)17-22)40-23-7-5-6-20(31)14-23/h5-9,14-18,21,32H,4,10-13H2,1-3H3,(H,34,39). The Morgan fingerprint density at radius 2 is 1.95 bits per heavy atom. The SMILES string of the molecule is CCNC1CCN(c2ccc(C(=O)Nc3cc(Oc4cccc(Cl)c4)c4nc(C)cn4c3)c3nn(C)cc23)CC1. The third-order valence-corrected chi connectivity index (χ3v) is 7.50. The van der Waals surface area contributed by atoms with Gasteiger partial charge in [0.15, 0.2) is 11.4 Å². The van der Waals surface area contributed by atoms with E-state index >= 15 is 0 Å². The lowest BCUT2D eigenvalue weighted by molar-refractivity contribution is 0.102. The van der Waals surface area contributed by atoms with Gasteiger partial charge in [-0.3, -0.25) is 9.48 Å². The Kier molecular flexibility index (Phi) is 7.08. The number of halogens is 1. The second-order valence-electron chi connectivity index (χ2n) is 10.2. The van der Waals surface area contributed by atoms with Crippen molar-refractivity contribution in [1.29, 1.82) is 0 Å². The summed E-state index contributed by atoms with van der Waals surface area (Å²) in [5.74, 6) is 0.845. The van der Waals surface area contributed by atoms with E-state index < -0.39 is 0 Å². The van der Waals surface area contributed by atoms with E-state index in [0.717, 1.165) is 49.2 Å². The summed E-state index contributed by atoms with van der Waals surface area (Å²) in [5.41, 5.74) is 4.36. The number of nitrogens with zero attached hydrogens (tertiary/aromatic N) is 5. The maximum absolute atomic E-state index is 13.6. The molecule has 10 heteroatoms. The van der Waals surface area contributed by atoms with Crippen molar-refractivity contribution in [1.82, 2.24) is 24.5 Å². The molecule has 1 aliphatic heterocycles. The number of piperidine rings is 1. The zero-order chi connectivity index (χ0) is 27.8. The molecule has 3 aromatic heterocycles. The van der Waals surface area contributed by atoms with Gasteiger partial charge in [0.25, 0.3) is 5.91 Å². The predicted octanol–water partition coefficient (Wildman–Crippen LogP) is 5.81. The summed E-state index contributed by atoms with van der Waals surface area (Å²) in [6, 6.07) is 13.4. The molecule has 206 valence electrons. The van der Waals surface area contributed by atoms with E-state index in [0.29, 0.717) is 45.0 Å². The first kappa shape index (κ1) is 26.2. The van der Waals surface area contributed by atoms with Crippen molar-refractivity contribution in [3.63, 3.8) is 0 Å². The summed E-state index contributed by atoms with van der Waals surface area (Å²) in [4.78, 5) is 20.6. The van der Waals surface area contributed by atoms with Crippen molar-refractivity contribution in [2.75, 3.05) is 29.9 Å². The molecule has 0 unspecified atom stereocenters. The number of fused-ring (bicyclic) bond motifs is 2. The number of carbonyl (C=O) groups excluding carboxylic acids is 1. The fraction of sp³-hybridized carbons (Fsp3) is 0.300. The summed E-state index contributed by atoms with van der Waals surface area (Å²) in [5, 5.41) is 12.8. The lowest BCUT2D eigenvalue weighted by atomic mass is 10.0. The van der Waals surface area contributed by atoms with Crippen LogP contribution in [0.1, 0.15) is 35.8 Å². The highest BCUT2D eigenvalue weighted by atomic mass is 35.5. The summed E-state index contributed by atoms with van der Waals surface area (Å²) in [7, 11) is 1.89. The average molecular weight is 558 g/mol. The lowest BCUT2D eigenvalue weighted by Gasteiger charge is -2.34. The zero-order valence-electron chi connectivity index (χ0n) is 22.8. The number of hydrogen-bond donors (Lipinski definition) is 2. The van der Waals surface area contributed by atoms with Crippen LogP contribution < -0.4 is 20.3 Å². The van der Waals surface area contributed by atoms with Crippen LogP contribution in [0, 0.1) is 6.92 Å². The molecule has 5 aromatic rings. The number of ether oxygens (including phenoxy) is 1. The van der Waals surface area contributed by atoms with Gasteiger partial charge in [0.05, 0.1) is 16.9 Å². The van der Waals surface area contributed by atoms with E-state index in [1.165, 1.54) is 0 Å². The van der Waals surface area contributed by atoms with Crippen molar-refractivity contribution >= 4 is 45.4 Å². The van der Waals surface area contributed by atoms with Crippen LogP contribution in [0.5, 0.6) is 11.5 Å². The Balaban J connectivity index is 1.30. The van der Waals surface area contributed by atoms with E-state index in [1.54, 1.807) is 22.9 Å². The van der Waals surface area contributed by atoms with Gasteiger partial charge in [-0.25, -0.2) is 4.98 Å². The van der Waals surface area contributed by atoms with Gasteiger partial charge in [0.2, 0.25) is 0 Å². The summed E-state index contributed by atoms with van der Waals surface area (Å²) in [6.07, 6.45) is 7.90. The molecule has 2 aromatic carbocycles. The van der Waals surface area contributed by atoms with Crippen molar-refractivity contribution in [2.45, 2.75) is 32.7 Å². The Morgan fingerprint density at radius 1 is 1.12 bits per heavy atom. The van der Waals surface area contributed by atoms with Gasteiger partial charge >= 0.3 is 0 Å². The molecular formula is C30H32ClN7O2. The molecule has 40 heavy (non-hydrogen) atoms. The number of benzene rings is 2. The van der Waals surface area contributed by atoms with E-state index in [-0.39, 0.29) is 5.91 Å². The number of carbonyl (C=O) groups is 1. The Bertz CT molecular complexity index is 1700. The molecule has 6 rings (SSSR count). The molecule has 1 fully saturated rings. The smallest absolute Gasteiger partial charge is 0.257 e. The Labute approximate surface area is 237 Å². The largest absolute Gasteiger partial charge is 0.453 e. The van der Waals surface area contributed by atoms with Crippen LogP contribution in [0.2, 0.25) is 5.02 Å². The number of aryl methyl sites for hydroxylation is 2. The minimum absolute atomic E-state index is 0.244. The van der Waals surface area contributed by atoms with Crippen molar-refractivity contribution in [3.8, 4) is 11.5 Å². The van der Waals surface area contributed by atoms with Crippen LogP contribution in [0.4, 0.5) is 11.4 Å². The molecule has 1 aliphatic rings. The number of anilines is 2.